The van der Waals surface area contributed by atoms with E-state index in [0.717, 1.165) is 6.07 Å². The summed E-state index contributed by atoms with van der Waals surface area (Å²) >= 11 is 0. The van der Waals surface area contributed by atoms with E-state index in [9.17, 15) is 18.7 Å². The quantitative estimate of drug-likeness (QED) is 0.808. The van der Waals surface area contributed by atoms with Crippen molar-refractivity contribution in [2.24, 2.45) is 5.92 Å². The van der Waals surface area contributed by atoms with Gasteiger partial charge in [0.15, 0.2) is 11.6 Å². The highest BCUT2D eigenvalue weighted by atomic mass is 19.2. The molecule has 1 aromatic heterocycles. The number of hydrogen-bond donors (Lipinski definition) is 2. The van der Waals surface area contributed by atoms with E-state index in [1.54, 1.807) is 18.3 Å². The number of aliphatic hydroxyl groups excluding tert-OH is 1. The van der Waals surface area contributed by atoms with Crippen LogP contribution in [0.25, 0.3) is 0 Å². The van der Waals surface area contributed by atoms with Crippen LogP contribution in [0.4, 0.5) is 8.78 Å². The van der Waals surface area contributed by atoms with Crippen molar-refractivity contribution in [2.45, 2.75) is 25.0 Å². The van der Waals surface area contributed by atoms with E-state index in [1.165, 1.54) is 20.3 Å². The summed E-state index contributed by atoms with van der Waals surface area (Å²) in [5, 5.41) is 12.4. The smallest absolute Gasteiger partial charge is 0.258 e. The van der Waals surface area contributed by atoms with Crippen LogP contribution >= 0.6 is 0 Å². The van der Waals surface area contributed by atoms with Gasteiger partial charge in [0.2, 0.25) is 5.88 Å². The molecule has 1 saturated carbocycles. The van der Waals surface area contributed by atoms with Crippen LogP contribution in [0.3, 0.4) is 0 Å². The van der Waals surface area contributed by atoms with Crippen LogP contribution in [0.15, 0.2) is 30.5 Å². The number of carbonyl (C=O) groups excluding carboxylic acids is 1. The maximum absolute atomic E-state index is 14.2. The zero-order valence-corrected chi connectivity index (χ0v) is 14.9. The molecule has 1 atom stereocenters. The van der Waals surface area contributed by atoms with E-state index in [0.29, 0.717) is 24.3 Å². The molecule has 1 fully saturated rings. The van der Waals surface area contributed by atoms with E-state index in [2.05, 4.69) is 10.3 Å². The molecule has 2 aromatic rings. The lowest BCUT2D eigenvalue weighted by Gasteiger charge is -2.38. The largest absolute Gasteiger partial charge is 0.496 e. The first kappa shape index (κ1) is 19.0. The predicted octanol–water partition coefficient (Wildman–Crippen LogP) is 2.62. The maximum Gasteiger partial charge on any atom is 0.258 e. The lowest BCUT2D eigenvalue weighted by molar-refractivity contribution is 0.0233. The number of carbonyl (C=O) groups is 1. The minimum Gasteiger partial charge on any atom is -0.496 e. The number of rotatable bonds is 6. The van der Waals surface area contributed by atoms with Crippen LogP contribution in [-0.2, 0) is 0 Å². The molecule has 0 aliphatic heterocycles. The van der Waals surface area contributed by atoms with Crippen molar-refractivity contribution in [2.75, 3.05) is 14.2 Å². The van der Waals surface area contributed by atoms with Crippen molar-refractivity contribution in [1.82, 2.24) is 10.3 Å². The second-order valence-electron chi connectivity index (χ2n) is 6.41. The molecule has 6 nitrogen and oxygen atoms in total. The van der Waals surface area contributed by atoms with Gasteiger partial charge in [-0.1, -0.05) is 6.07 Å². The summed E-state index contributed by atoms with van der Waals surface area (Å²) in [6.07, 6.45) is 2.08. The summed E-state index contributed by atoms with van der Waals surface area (Å²) in [6.45, 7) is 0. The number of pyridine rings is 1. The number of nitrogens with zero attached hydrogens (tertiary/aromatic N) is 1. The first-order valence-corrected chi connectivity index (χ1v) is 8.45. The van der Waals surface area contributed by atoms with E-state index >= 15 is 0 Å². The average Bonchev–Trinajstić information content (AvgIpc) is 2.65. The predicted molar refractivity (Wildman–Crippen MR) is 92.6 cm³/mol. The number of amides is 1. The Kier molecular flexibility index (Phi) is 5.55. The van der Waals surface area contributed by atoms with Crippen LogP contribution in [0.1, 0.15) is 34.8 Å². The van der Waals surface area contributed by atoms with Gasteiger partial charge in [-0.2, -0.15) is 0 Å². The third-order valence-electron chi connectivity index (χ3n) is 4.74. The highest BCUT2D eigenvalue weighted by Gasteiger charge is 2.37. The van der Waals surface area contributed by atoms with Crippen LogP contribution in [0.5, 0.6) is 11.6 Å². The van der Waals surface area contributed by atoms with Crippen LogP contribution < -0.4 is 14.8 Å². The van der Waals surface area contributed by atoms with Crippen LogP contribution in [-0.4, -0.2) is 36.3 Å². The highest BCUT2D eigenvalue weighted by molar-refractivity contribution is 5.97. The zero-order chi connectivity index (χ0) is 19.6. The molecule has 3 rings (SSSR count). The number of nitrogens with one attached hydrogen (secondary N) is 1. The molecule has 0 spiro atoms. The first-order valence-electron chi connectivity index (χ1n) is 8.45. The first-order chi connectivity index (χ1) is 12.9. The average molecular weight is 378 g/mol. The van der Waals surface area contributed by atoms with Crippen molar-refractivity contribution in [1.29, 1.82) is 0 Å². The fourth-order valence-electron chi connectivity index (χ4n) is 3.20. The van der Waals surface area contributed by atoms with Gasteiger partial charge < -0.3 is 19.9 Å². The van der Waals surface area contributed by atoms with Crippen molar-refractivity contribution in [3.63, 3.8) is 0 Å². The third kappa shape index (κ3) is 3.85. The molecule has 0 unspecified atom stereocenters. The molecule has 2 N–H and O–H groups in total. The van der Waals surface area contributed by atoms with Crippen molar-refractivity contribution >= 4 is 5.91 Å². The second-order valence-corrected chi connectivity index (χ2v) is 6.41. The van der Waals surface area contributed by atoms with Gasteiger partial charge in [0, 0.05) is 12.3 Å². The summed E-state index contributed by atoms with van der Waals surface area (Å²) in [6, 6.07) is 4.96. The van der Waals surface area contributed by atoms with E-state index in [1.807, 2.05) is 0 Å². The van der Waals surface area contributed by atoms with Crippen LogP contribution in [0, 0.1) is 17.6 Å². The number of halogens is 2. The van der Waals surface area contributed by atoms with Gasteiger partial charge in [-0.05, 0) is 36.5 Å². The van der Waals surface area contributed by atoms with Crippen molar-refractivity contribution in [3.8, 4) is 11.6 Å². The molecule has 144 valence electrons. The number of hydrogen-bond acceptors (Lipinski definition) is 5. The van der Waals surface area contributed by atoms with Gasteiger partial charge in [-0.3, -0.25) is 4.79 Å². The Balaban J connectivity index is 1.90. The SMILES string of the molecule is COc1ccc([C@@H](NC(=O)c2c(OC)ccc(F)c2F)C2CC(O)C2)cn1. The molecular weight excluding hydrogens is 358 g/mol. The molecule has 0 bridgehead atoms. The number of ether oxygens (including phenoxy) is 2. The van der Waals surface area contributed by atoms with Crippen molar-refractivity contribution < 1.29 is 28.2 Å². The minimum atomic E-state index is -1.27. The van der Waals surface area contributed by atoms with E-state index in [-0.39, 0.29) is 11.7 Å². The number of aromatic nitrogens is 1. The summed E-state index contributed by atoms with van der Waals surface area (Å²) in [7, 11) is 2.76. The molecule has 1 amide bonds. The maximum atomic E-state index is 14.2. The Morgan fingerprint density at radius 3 is 2.52 bits per heavy atom. The van der Waals surface area contributed by atoms with E-state index in [4.69, 9.17) is 9.47 Å². The fourth-order valence-corrected chi connectivity index (χ4v) is 3.20. The number of methoxy groups -OCH3 is 2. The monoisotopic (exact) mass is 378 g/mol. The van der Waals surface area contributed by atoms with Gasteiger partial charge in [-0.15, -0.1) is 0 Å². The molecule has 8 heteroatoms. The van der Waals surface area contributed by atoms with Crippen molar-refractivity contribution in [3.05, 3.63) is 53.2 Å². The number of aliphatic hydroxyl groups is 1. The minimum absolute atomic E-state index is 0.0539. The van der Waals surface area contributed by atoms with Gasteiger partial charge in [-0.25, -0.2) is 13.8 Å². The summed E-state index contributed by atoms with van der Waals surface area (Å²) in [5.41, 5.74) is 0.181. The third-order valence-corrected chi connectivity index (χ3v) is 4.74. The summed E-state index contributed by atoms with van der Waals surface area (Å²) in [5.74, 6) is -2.91. The lowest BCUT2D eigenvalue weighted by atomic mass is 9.75. The molecule has 27 heavy (non-hydrogen) atoms. The molecule has 1 aliphatic rings. The number of benzene rings is 1. The Hall–Kier alpha value is -2.74. The summed E-state index contributed by atoms with van der Waals surface area (Å²) in [4.78, 5) is 16.9. The Morgan fingerprint density at radius 1 is 1.22 bits per heavy atom. The normalized spacial score (nSPS) is 19.7. The fraction of sp³-hybridized carbons (Fsp3) is 0.368. The van der Waals surface area contributed by atoms with Crippen LogP contribution in [0.2, 0.25) is 0 Å². The standard InChI is InChI=1S/C19H20F2N2O4/c1-26-14-5-4-13(20)17(21)16(14)19(25)23-18(11-7-12(24)8-11)10-3-6-15(27-2)22-9-10/h3-6,9,11-12,18,24H,7-8H2,1-2H3,(H,23,25)/t11?,12?,18-/m1/s1. The lowest BCUT2D eigenvalue weighted by Crippen LogP contribution is -2.41. The molecule has 0 saturated heterocycles. The molecule has 0 radical (unpaired) electrons. The molecule has 1 aromatic carbocycles. The molecule has 1 aliphatic carbocycles. The Morgan fingerprint density at radius 2 is 1.96 bits per heavy atom. The van der Waals surface area contributed by atoms with Gasteiger partial charge in [0.1, 0.15) is 11.3 Å². The second kappa shape index (κ2) is 7.87. The van der Waals surface area contributed by atoms with E-state index < -0.39 is 35.3 Å². The molecular formula is C19H20F2N2O4. The van der Waals surface area contributed by atoms with Gasteiger partial charge >= 0.3 is 0 Å². The zero-order valence-electron chi connectivity index (χ0n) is 14.9. The Bertz CT molecular complexity index is 823. The Labute approximate surface area is 155 Å². The molecule has 1 heterocycles. The van der Waals surface area contributed by atoms with Gasteiger partial charge in [0.05, 0.1) is 26.4 Å². The highest BCUT2D eigenvalue weighted by Crippen LogP contribution is 2.38. The van der Waals surface area contributed by atoms with Gasteiger partial charge in [0.25, 0.3) is 5.91 Å². The topological polar surface area (TPSA) is 80.7 Å². The summed E-state index contributed by atoms with van der Waals surface area (Å²) < 4.78 is 37.9.